The highest BCUT2D eigenvalue weighted by atomic mass is 19.4. The van der Waals surface area contributed by atoms with E-state index >= 15 is 0 Å². The largest absolute Gasteiger partial charge is 0.416 e. The molecule has 1 amide bonds. The van der Waals surface area contributed by atoms with E-state index in [1.807, 2.05) is 7.05 Å². The minimum atomic E-state index is -4.43. The number of carbonyl (C=O) groups excluding carboxylic acids is 1. The highest BCUT2D eigenvalue weighted by molar-refractivity contribution is 5.99. The van der Waals surface area contributed by atoms with Gasteiger partial charge in [-0.25, -0.2) is 4.98 Å². The van der Waals surface area contributed by atoms with Gasteiger partial charge in [-0.2, -0.15) is 13.2 Å². The molecule has 0 unspecified atom stereocenters. The first-order valence-corrected chi connectivity index (χ1v) is 8.72. The number of amides is 1. The Morgan fingerprint density at radius 1 is 1.11 bits per heavy atom. The molecule has 2 aromatic rings. The molecule has 0 bridgehead atoms. The molecule has 1 saturated heterocycles. The summed E-state index contributed by atoms with van der Waals surface area (Å²) in [5, 5.41) is 2.86. The Morgan fingerprint density at radius 3 is 2.70 bits per heavy atom. The Kier molecular flexibility index (Phi) is 5.65. The van der Waals surface area contributed by atoms with Crippen LogP contribution >= 0.6 is 0 Å². The summed E-state index contributed by atoms with van der Waals surface area (Å²) in [5.74, 6) is 0.0762. The lowest BCUT2D eigenvalue weighted by molar-refractivity contribution is -0.137. The highest BCUT2D eigenvalue weighted by Crippen LogP contribution is 2.31. The van der Waals surface area contributed by atoms with Crippen LogP contribution in [-0.4, -0.2) is 53.9 Å². The monoisotopic (exact) mass is 378 g/mol. The molecule has 0 atom stereocenters. The molecule has 5 nitrogen and oxygen atoms in total. The van der Waals surface area contributed by atoms with Crippen molar-refractivity contribution in [3.05, 3.63) is 53.7 Å². The summed E-state index contributed by atoms with van der Waals surface area (Å²) < 4.78 is 38.8. The van der Waals surface area contributed by atoms with E-state index in [1.54, 1.807) is 17.0 Å². The summed E-state index contributed by atoms with van der Waals surface area (Å²) in [7, 11) is 2.01. The molecule has 0 aliphatic carbocycles. The number of hydrogen-bond acceptors (Lipinski definition) is 4. The third-order valence-electron chi connectivity index (χ3n) is 4.50. The average molecular weight is 378 g/mol. The standard InChI is InChI=1S/C19H21F3N4O/c1-25-9-4-10-26(12-11-25)18(27)16-7-3-8-23-17(16)24-15-6-2-5-14(13-15)19(20,21)22/h2-3,5-8,13H,4,9-12H2,1H3,(H,23,24). The zero-order chi connectivity index (χ0) is 19.4. The van der Waals surface area contributed by atoms with Crippen LogP contribution in [0.15, 0.2) is 42.6 Å². The predicted octanol–water partition coefficient (Wildman–Crippen LogP) is 3.62. The topological polar surface area (TPSA) is 48.5 Å². The number of likely N-dealkylation sites (N-methyl/N-ethyl adjacent to an activating group) is 1. The van der Waals surface area contributed by atoms with Gasteiger partial charge in [0.25, 0.3) is 5.91 Å². The molecular weight excluding hydrogens is 357 g/mol. The van der Waals surface area contributed by atoms with E-state index in [0.717, 1.165) is 31.6 Å². The van der Waals surface area contributed by atoms with Crippen molar-refractivity contribution in [1.29, 1.82) is 0 Å². The van der Waals surface area contributed by atoms with Gasteiger partial charge in [0, 0.05) is 31.5 Å². The molecular formula is C19H21F3N4O. The molecule has 0 spiro atoms. The second-order valence-corrected chi connectivity index (χ2v) is 6.55. The minimum absolute atomic E-state index is 0.173. The van der Waals surface area contributed by atoms with Gasteiger partial charge in [0.15, 0.2) is 0 Å². The van der Waals surface area contributed by atoms with Crippen LogP contribution < -0.4 is 5.32 Å². The van der Waals surface area contributed by atoms with E-state index in [0.29, 0.717) is 18.7 Å². The molecule has 8 heteroatoms. The summed E-state index contributed by atoms with van der Waals surface area (Å²) in [5.41, 5.74) is -0.181. The Hall–Kier alpha value is -2.61. The van der Waals surface area contributed by atoms with Gasteiger partial charge in [-0.3, -0.25) is 4.79 Å². The quantitative estimate of drug-likeness (QED) is 0.886. The second kappa shape index (κ2) is 7.96. The van der Waals surface area contributed by atoms with Crippen LogP contribution in [0.3, 0.4) is 0 Å². The fourth-order valence-corrected chi connectivity index (χ4v) is 3.01. The summed E-state index contributed by atoms with van der Waals surface area (Å²) in [6.45, 7) is 2.95. The van der Waals surface area contributed by atoms with Crippen LogP contribution in [-0.2, 0) is 6.18 Å². The first kappa shape index (κ1) is 19.2. The Labute approximate surface area is 155 Å². The maximum atomic E-state index is 12.9. The fourth-order valence-electron chi connectivity index (χ4n) is 3.01. The lowest BCUT2D eigenvalue weighted by atomic mass is 10.1. The van der Waals surface area contributed by atoms with E-state index < -0.39 is 11.7 Å². The molecule has 1 fully saturated rings. The van der Waals surface area contributed by atoms with Crippen LogP contribution in [0.5, 0.6) is 0 Å². The minimum Gasteiger partial charge on any atom is -0.340 e. The molecule has 1 aromatic heterocycles. The number of nitrogens with zero attached hydrogens (tertiary/aromatic N) is 3. The molecule has 1 aliphatic rings. The molecule has 1 aromatic carbocycles. The third kappa shape index (κ3) is 4.77. The Bertz CT molecular complexity index is 810. The van der Waals surface area contributed by atoms with Gasteiger partial charge >= 0.3 is 6.18 Å². The Balaban J connectivity index is 1.83. The van der Waals surface area contributed by atoms with Crippen LogP contribution in [0, 0.1) is 0 Å². The number of halogens is 3. The number of hydrogen-bond donors (Lipinski definition) is 1. The van der Waals surface area contributed by atoms with Gasteiger partial charge in [0.1, 0.15) is 5.82 Å². The zero-order valence-corrected chi connectivity index (χ0v) is 15.0. The number of anilines is 2. The van der Waals surface area contributed by atoms with Crippen molar-refractivity contribution in [1.82, 2.24) is 14.8 Å². The van der Waals surface area contributed by atoms with Gasteiger partial charge in [-0.1, -0.05) is 6.07 Å². The number of alkyl halides is 3. The second-order valence-electron chi connectivity index (χ2n) is 6.55. The zero-order valence-electron chi connectivity index (χ0n) is 15.0. The van der Waals surface area contributed by atoms with Crippen LogP contribution in [0.25, 0.3) is 0 Å². The number of carbonyl (C=O) groups is 1. The molecule has 1 N–H and O–H groups in total. The van der Waals surface area contributed by atoms with Crippen LogP contribution in [0.4, 0.5) is 24.7 Å². The van der Waals surface area contributed by atoms with Crippen LogP contribution in [0.2, 0.25) is 0 Å². The SMILES string of the molecule is CN1CCCN(C(=O)c2cccnc2Nc2cccc(C(F)(F)F)c2)CC1. The third-order valence-corrected chi connectivity index (χ3v) is 4.50. The maximum Gasteiger partial charge on any atom is 0.416 e. The van der Waals surface area contributed by atoms with Gasteiger partial charge in [-0.05, 0) is 50.3 Å². The summed E-state index contributed by atoms with van der Waals surface area (Å²) in [6, 6.07) is 8.13. The predicted molar refractivity (Wildman–Crippen MR) is 97.0 cm³/mol. The fraction of sp³-hybridized carbons (Fsp3) is 0.368. The smallest absolute Gasteiger partial charge is 0.340 e. The average Bonchev–Trinajstić information content (AvgIpc) is 2.86. The lowest BCUT2D eigenvalue weighted by Gasteiger charge is -2.22. The maximum absolute atomic E-state index is 12.9. The van der Waals surface area contributed by atoms with Gasteiger partial charge in [0.2, 0.25) is 0 Å². The number of benzene rings is 1. The molecule has 0 radical (unpaired) electrons. The van der Waals surface area contributed by atoms with Gasteiger partial charge in [0.05, 0.1) is 11.1 Å². The molecule has 2 heterocycles. The number of pyridine rings is 1. The number of aromatic nitrogens is 1. The normalized spacial score (nSPS) is 16.1. The first-order valence-electron chi connectivity index (χ1n) is 8.72. The molecule has 3 rings (SSSR count). The first-order chi connectivity index (χ1) is 12.8. The van der Waals surface area contributed by atoms with E-state index in [1.165, 1.54) is 18.3 Å². The van der Waals surface area contributed by atoms with Crippen LogP contribution in [0.1, 0.15) is 22.3 Å². The van der Waals surface area contributed by atoms with Crippen molar-refractivity contribution in [2.45, 2.75) is 12.6 Å². The number of nitrogens with one attached hydrogen (secondary N) is 1. The van der Waals surface area contributed by atoms with Gasteiger partial charge < -0.3 is 15.1 Å². The van der Waals surface area contributed by atoms with Crippen molar-refractivity contribution >= 4 is 17.4 Å². The summed E-state index contributed by atoms with van der Waals surface area (Å²) in [6.07, 6.45) is -2.06. The van der Waals surface area contributed by atoms with E-state index in [-0.39, 0.29) is 17.4 Å². The molecule has 1 aliphatic heterocycles. The molecule has 0 saturated carbocycles. The highest BCUT2D eigenvalue weighted by Gasteiger charge is 2.30. The van der Waals surface area contributed by atoms with E-state index in [9.17, 15) is 18.0 Å². The lowest BCUT2D eigenvalue weighted by Crippen LogP contribution is -2.34. The van der Waals surface area contributed by atoms with E-state index in [2.05, 4.69) is 15.2 Å². The van der Waals surface area contributed by atoms with Crippen molar-refractivity contribution in [2.24, 2.45) is 0 Å². The van der Waals surface area contributed by atoms with Crippen molar-refractivity contribution in [3.8, 4) is 0 Å². The molecule has 27 heavy (non-hydrogen) atoms. The Morgan fingerprint density at radius 2 is 1.93 bits per heavy atom. The summed E-state index contributed by atoms with van der Waals surface area (Å²) in [4.78, 5) is 21.0. The van der Waals surface area contributed by atoms with Crippen molar-refractivity contribution in [2.75, 3.05) is 38.5 Å². The molecule has 144 valence electrons. The van der Waals surface area contributed by atoms with Crippen molar-refractivity contribution in [3.63, 3.8) is 0 Å². The summed E-state index contributed by atoms with van der Waals surface area (Å²) >= 11 is 0. The number of rotatable bonds is 3. The van der Waals surface area contributed by atoms with Gasteiger partial charge in [-0.15, -0.1) is 0 Å². The van der Waals surface area contributed by atoms with Crippen molar-refractivity contribution < 1.29 is 18.0 Å². The van der Waals surface area contributed by atoms with E-state index in [4.69, 9.17) is 0 Å².